The molecule has 120 valence electrons. The molecule has 1 aliphatic rings. The Kier molecular flexibility index (Phi) is 6.10. The molecular formula is C13H19ClF2N2O2S. The molecule has 1 aromatic carbocycles. The van der Waals surface area contributed by atoms with Crippen LogP contribution < -0.4 is 10.5 Å². The van der Waals surface area contributed by atoms with Gasteiger partial charge in [-0.25, -0.2) is 21.9 Å². The van der Waals surface area contributed by atoms with Crippen molar-refractivity contribution in [3.63, 3.8) is 0 Å². The van der Waals surface area contributed by atoms with Gasteiger partial charge in [-0.2, -0.15) is 0 Å². The van der Waals surface area contributed by atoms with Crippen LogP contribution >= 0.6 is 12.4 Å². The highest BCUT2D eigenvalue weighted by molar-refractivity contribution is 7.89. The first-order valence-electron chi connectivity index (χ1n) is 6.53. The van der Waals surface area contributed by atoms with Crippen LogP contribution in [0.15, 0.2) is 23.1 Å². The van der Waals surface area contributed by atoms with Crippen LogP contribution in [0.5, 0.6) is 0 Å². The Morgan fingerprint density at radius 1 is 1.19 bits per heavy atom. The smallest absolute Gasteiger partial charge is 0.273 e. The number of benzene rings is 1. The molecule has 0 atom stereocenters. The van der Waals surface area contributed by atoms with Crippen molar-refractivity contribution in [3.05, 3.63) is 29.3 Å². The van der Waals surface area contributed by atoms with Crippen molar-refractivity contribution in [1.29, 1.82) is 0 Å². The molecule has 0 bridgehead atoms. The Labute approximate surface area is 129 Å². The monoisotopic (exact) mass is 340 g/mol. The van der Waals surface area contributed by atoms with E-state index in [0.29, 0.717) is 0 Å². The molecule has 3 N–H and O–H groups in total. The number of nitrogens with one attached hydrogen (secondary N) is 1. The second kappa shape index (κ2) is 7.00. The fraction of sp³-hybridized carbons (Fsp3) is 0.538. The van der Waals surface area contributed by atoms with Crippen molar-refractivity contribution in [1.82, 2.24) is 4.72 Å². The molecule has 0 radical (unpaired) electrons. The molecule has 0 heterocycles. The minimum Gasteiger partial charge on any atom is -0.325 e. The van der Waals surface area contributed by atoms with E-state index in [2.05, 4.69) is 0 Å². The predicted octanol–water partition coefficient (Wildman–Crippen LogP) is 1.86. The number of nitrogens with two attached hydrogens (primary N) is 1. The zero-order valence-electron chi connectivity index (χ0n) is 11.4. The normalized spacial score (nSPS) is 15.2. The summed E-state index contributed by atoms with van der Waals surface area (Å²) in [5.74, 6) is -3.23. The number of rotatable bonds is 5. The lowest BCUT2D eigenvalue weighted by atomic mass is 9.92. The molecule has 8 heteroatoms. The zero-order chi connectivity index (χ0) is 14.8. The minimum absolute atomic E-state index is 0. The van der Waals surface area contributed by atoms with Gasteiger partial charge in [0, 0.05) is 0 Å². The van der Waals surface area contributed by atoms with E-state index >= 15 is 0 Å². The maximum Gasteiger partial charge on any atom is 0.273 e. The van der Waals surface area contributed by atoms with Gasteiger partial charge in [-0.15, -0.1) is 12.4 Å². The average molecular weight is 341 g/mol. The van der Waals surface area contributed by atoms with Gasteiger partial charge in [0.1, 0.15) is 0 Å². The van der Waals surface area contributed by atoms with Crippen molar-refractivity contribution in [3.8, 4) is 0 Å². The summed E-state index contributed by atoms with van der Waals surface area (Å²) in [5, 5.41) is 0. The van der Waals surface area contributed by atoms with Gasteiger partial charge in [-0.3, -0.25) is 0 Å². The summed E-state index contributed by atoms with van der Waals surface area (Å²) in [6.07, 6.45) is 3.89. The van der Waals surface area contributed by atoms with Crippen LogP contribution in [-0.4, -0.2) is 27.4 Å². The first-order valence-corrected chi connectivity index (χ1v) is 8.02. The van der Waals surface area contributed by atoms with Gasteiger partial charge in [-0.05, 0) is 48.9 Å². The number of alkyl halides is 2. The quantitative estimate of drug-likeness (QED) is 0.859. The average Bonchev–Trinajstić information content (AvgIpc) is 2.45. The summed E-state index contributed by atoms with van der Waals surface area (Å²) in [6, 6.07) is 4.81. The molecular weight excluding hydrogens is 322 g/mol. The van der Waals surface area contributed by atoms with E-state index in [1.165, 1.54) is 6.07 Å². The number of sulfonamides is 1. The molecule has 0 spiro atoms. The fourth-order valence-electron chi connectivity index (χ4n) is 2.23. The van der Waals surface area contributed by atoms with Gasteiger partial charge in [0.05, 0.1) is 18.0 Å². The van der Waals surface area contributed by atoms with Crippen molar-refractivity contribution in [2.45, 2.75) is 36.5 Å². The first-order chi connectivity index (χ1) is 9.34. The SMILES string of the molecule is Cl.NCC(F)(F)CNS(=O)(=O)c1ccc2c(c1)CCCC2. The van der Waals surface area contributed by atoms with Gasteiger partial charge in [-0.1, -0.05) is 6.07 Å². The Bertz CT molecular complexity index is 594. The Morgan fingerprint density at radius 2 is 1.81 bits per heavy atom. The largest absolute Gasteiger partial charge is 0.325 e. The van der Waals surface area contributed by atoms with Crippen molar-refractivity contribution in [2.75, 3.05) is 13.1 Å². The highest BCUT2D eigenvalue weighted by Crippen LogP contribution is 2.24. The topological polar surface area (TPSA) is 72.2 Å². The maximum absolute atomic E-state index is 13.0. The highest BCUT2D eigenvalue weighted by Gasteiger charge is 2.29. The first kappa shape index (κ1) is 18.3. The molecule has 0 fully saturated rings. The summed E-state index contributed by atoms with van der Waals surface area (Å²) < 4.78 is 51.9. The van der Waals surface area contributed by atoms with Crippen LogP contribution in [0.4, 0.5) is 8.78 Å². The lowest BCUT2D eigenvalue weighted by Gasteiger charge is -2.18. The van der Waals surface area contributed by atoms with Crippen LogP contribution in [0.25, 0.3) is 0 Å². The Hall–Kier alpha value is -0.760. The molecule has 2 rings (SSSR count). The van der Waals surface area contributed by atoms with Crippen LogP contribution in [0.3, 0.4) is 0 Å². The number of hydrogen-bond donors (Lipinski definition) is 2. The molecule has 21 heavy (non-hydrogen) atoms. The fourth-order valence-corrected chi connectivity index (χ4v) is 3.35. The van der Waals surface area contributed by atoms with Crippen molar-refractivity contribution in [2.24, 2.45) is 5.73 Å². The summed E-state index contributed by atoms with van der Waals surface area (Å²) in [6.45, 7) is -1.87. The second-order valence-corrected chi connectivity index (χ2v) is 6.79. The lowest BCUT2D eigenvalue weighted by Crippen LogP contribution is -2.41. The second-order valence-electron chi connectivity index (χ2n) is 5.02. The number of halogens is 3. The van der Waals surface area contributed by atoms with Crippen molar-refractivity contribution >= 4 is 22.4 Å². The zero-order valence-corrected chi connectivity index (χ0v) is 13.1. The van der Waals surface area contributed by atoms with Crippen LogP contribution in [0.2, 0.25) is 0 Å². The number of fused-ring (bicyclic) bond motifs is 1. The Balaban J connectivity index is 0.00000220. The van der Waals surface area contributed by atoms with E-state index in [0.717, 1.165) is 36.8 Å². The van der Waals surface area contributed by atoms with Gasteiger partial charge in [0.2, 0.25) is 10.0 Å². The van der Waals surface area contributed by atoms with Crippen LogP contribution in [-0.2, 0) is 22.9 Å². The molecule has 1 aliphatic carbocycles. The van der Waals surface area contributed by atoms with E-state index in [-0.39, 0.29) is 17.3 Å². The third kappa shape index (κ3) is 4.60. The third-order valence-electron chi connectivity index (χ3n) is 3.45. The van der Waals surface area contributed by atoms with E-state index in [1.807, 2.05) is 4.72 Å². The molecule has 0 saturated heterocycles. The van der Waals surface area contributed by atoms with Gasteiger partial charge in [0.25, 0.3) is 5.92 Å². The van der Waals surface area contributed by atoms with Crippen LogP contribution in [0.1, 0.15) is 24.0 Å². The number of aryl methyl sites for hydroxylation is 2. The molecule has 0 aliphatic heterocycles. The summed E-state index contributed by atoms with van der Waals surface area (Å²) in [7, 11) is -3.92. The van der Waals surface area contributed by atoms with E-state index < -0.39 is 29.0 Å². The van der Waals surface area contributed by atoms with Gasteiger partial charge >= 0.3 is 0 Å². The van der Waals surface area contributed by atoms with Crippen LogP contribution in [0, 0.1) is 0 Å². The van der Waals surface area contributed by atoms with E-state index in [9.17, 15) is 17.2 Å². The van der Waals surface area contributed by atoms with E-state index in [4.69, 9.17) is 5.73 Å². The summed E-state index contributed by atoms with van der Waals surface area (Å²) in [4.78, 5) is 0.0333. The van der Waals surface area contributed by atoms with Gasteiger partial charge < -0.3 is 5.73 Å². The Morgan fingerprint density at radius 3 is 2.43 bits per heavy atom. The van der Waals surface area contributed by atoms with Gasteiger partial charge in [0.15, 0.2) is 0 Å². The molecule has 0 unspecified atom stereocenters. The predicted molar refractivity (Wildman–Crippen MR) is 79.5 cm³/mol. The standard InChI is InChI=1S/C13H18F2N2O2S.ClH/c14-13(15,8-16)9-17-20(18,19)12-6-5-10-3-1-2-4-11(10)7-12;/h5-7,17H,1-4,8-9,16H2;1H. The highest BCUT2D eigenvalue weighted by atomic mass is 35.5. The summed E-state index contributed by atoms with van der Waals surface area (Å²) in [5.41, 5.74) is 7.01. The molecule has 4 nitrogen and oxygen atoms in total. The minimum atomic E-state index is -3.92. The van der Waals surface area contributed by atoms with E-state index in [1.54, 1.807) is 12.1 Å². The molecule has 1 aromatic rings. The lowest BCUT2D eigenvalue weighted by molar-refractivity contribution is 0.0170. The molecule has 0 aromatic heterocycles. The molecule has 0 amide bonds. The van der Waals surface area contributed by atoms with Crippen molar-refractivity contribution < 1.29 is 17.2 Å². The summed E-state index contributed by atoms with van der Waals surface area (Å²) >= 11 is 0. The third-order valence-corrected chi connectivity index (χ3v) is 4.85. The molecule has 0 saturated carbocycles. The maximum atomic E-state index is 13.0. The number of hydrogen-bond acceptors (Lipinski definition) is 3.